The summed E-state index contributed by atoms with van der Waals surface area (Å²) in [4.78, 5) is 24.1. The fourth-order valence-corrected chi connectivity index (χ4v) is 2.38. The lowest BCUT2D eigenvalue weighted by Crippen LogP contribution is -2.53. The minimum atomic E-state index is -0.795. The predicted octanol–water partition coefficient (Wildman–Crippen LogP) is 1.99. The number of aliphatic carboxylic acids is 1. The molecule has 4 heteroatoms. The van der Waals surface area contributed by atoms with Gasteiger partial charge in [0.2, 0.25) is 5.91 Å². The molecule has 1 N–H and O–H groups in total. The molecular weight excluding hydrogens is 218 g/mol. The summed E-state index contributed by atoms with van der Waals surface area (Å²) in [5, 5.41) is 8.73. The molecule has 0 aliphatic carbocycles. The molecule has 1 aliphatic rings. The van der Waals surface area contributed by atoms with Crippen LogP contribution in [0, 0.1) is 17.3 Å². The lowest BCUT2D eigenvalue weighted by atomic mass is 9.83. The summed E-state index contributed by atoms with van der Waals surface area (Å²) in [6.07, 6.45) is 1.54. The largest absolute Gasteiger partial charge is 0.481 e. The zero-order chi connectivity index (χ0) is 13.2. The number of carbonyl (C=O) groups is 2. The van der Waals surface area contributed by atoms with Gasteiger partial charge in [-0.1, -0.05) is 27.7 Å². The van der Waals surface area contributed by atoms with E-state index >= 15 is 0 Å². The monoisotopic (exact) mass is 241 g/mol. The first-order chi connectivity index (χ1) is 7.69. The Balaban J connectivity index is 2.29. The number of rotatable bonds is 4. The lowest BCUT2D eigenvalue weighted by molar-refractivity contribution is -0.153. The Bertz CT molecular complexity index is 300. The van der Waals surface area contributed by atoms with Crippen molar-refractivity contribution in [3.63, 3.8) is 0 Å². The van der Waals surface area contributed by atoms with E-state index in [4.69, 9.17) is 5.11 Å². The molecule has 1 amide bonds. The first kappa shape index (κ1) is 14.0. The smallest absolute Gasteiger partial charge is 0.310 e. The van der Waals surface area contributed by atoms with E-state index in [0.717, 1.165) is 6.42 Å². The third-order valence-corrected chi connectivity index (χ3v) is 3.07. The first-order valence-electron chi connectivity index (χ1n) is 6.19. The second-order valence-electron chi connectivity index (χ2n) is 6.41. The van der Waals surface area contributed by atoms with Gasteiger partial charge in [0.05, 0.1) is 5.92 Å². The number of amides is 1. The van der Waals surface area contributed by atoms with Crippen molar-refractivity contribution in [2.75, 3.05) is 13.1 Å². The third-order valence-electron chi connectivity index (χ3n) is 3.07. The molecule has 0 spiro atoms. The molecule has 1 atom stereocenters. The number of nitrogens with zero attached hydrogens (tertiary/aromatic N) is 1. The van der Waals surface area contributed by atoms with Crippen molar-refractivity contribution in [1.82, 2.24) is 4.90 Å². The van der Waals surface area contributed by atoms with Gasteiger partial charge in [-0.2, -0.15) is 0 Å². The van der Waals surface area contributed by atoms with Crippen LogP contribution in [0.25, 0.3) is 0 Å². The molecule has 0 radical (unpaired) electrons. The van der Waals surface area contributed by atoms with Gasteiger partial charge >= 0.3 is 5.97 Å². The SMILES string of the molecule is CC(CC(=O)N1CC(C(=O)O)C1)CC(C)(C)C. The van der Waals surface area contributed by atoms with Crippen LogP contribution in [0.5, 0.6) is 0 Å². The molecule has 1 unspecified atom stereocenters. The van der Waals surface area contributed by atoms with Crippen LogP contribution in [-0.2, 0) is 9.59 Å². The maximum Gasteiger partial charge on any atom is 0.310 e. The van der Waals surface area contributed by atoms with Crippen molar-refractivity contribution >= 4 is 11.9 Å². The van der Waals surface area contributed by atoms with E-state index in [1.54, 1.807) is 4.90 Å². The maximum absolute atomic E-state index is 11.8. The molecule has 1 saturated heterocycles. The molecule has 98 valence electrons. The standard InChI is InChI=1S/C13H23NO3/c1-9(6-13(2,3)4)5-11(15)14-7-10(8-14)12(16)17/h9-10H,5-8H2,1-4H3,(H,16,17). The van der Waals surface area contributed by atoms with Gasteiger partial charge in [0.25, 0.3) is 0 Å². The van der Waals surface area contributed by atoms with Crippen molar-refractivity contribution in [2.45, 2.75) is 40.5 Å². The second kappa shape index (κ2) is 5.07. The average molecular weight is 241 g/mol. The van der Waals surface area contributed by atoms with Gasteiger partial charge in [-0.05, 0) is 17.8 Å². The summed E-state index contributed by atoms with van der Waals surface area (Å²) in [5.74, 6) is -0.695. The van der Waals surface area contributed by atoms with E-state index in [-0.39, 0.29) is 17.2 Å². The number of carbonyl (C=O) groups excluding carboxylic acids is 1. The normalized spacial score (nSPS) is 18.7. The van der Waals surface area contributed by atoms with Gasteiger partial charge in [0.1, 0.15) is 0 Å². The van der Waals surface area contributed by atoms with Crippen molar-refractivity contribution < 1.29 is 14.7 Å². The molecule has 0 aromatic heterocycles. The molecule has 1 heterocycles. The van der Waals surface area contributed by atoms with E-state index in [1.807, 2.05) is 0 Å². The van der Waals surface area contributed by atoms with Crippen LogP contribution in [0.1, 0.15) is 40.5 Å². The van der Waals surface area contributed by atoms with Gasteiger partial charge in [0.15, 0.2) is 0 Å². The molecular formula is C13H23NO3. The lowest BCUT2D eigenvalue weighted by Gasteiger charge is -2.37. The first-order valence-corrected chi connectivity index (χ1v) is 6.19. The van der Waals surface area contributed by atoms with Crippen molar-refractivity contribution in [1.29, 1.82) is 0 Å². The van der Waals surface area contributed by atoms with E-state index in [2.05, 4.69) is 27.7 Å². The van der Waals surface area contributed by atoms with Gasteiger partial charge in [0, 0.05) is 19.5 Å². The van der Waals surface area contributed by atoms with Gasteiger partial charge in [-0.25, -0.2) is 0 Å². The quantitative estimate of drug-likeness (QED) is 0.819. The Hall–Kier alpha value is -1.06. The summed E-state index contributed by atoms with van der Waals surface area (Å²) < 4.78 is 0. The summed E-state index contributed by atoms with van der Waals surface area (Å²) >= 11 is 0. The molecule has 17 heavy (non-hydrogen) atoms. The maximum atomic E-state index is 11.8. The van der Waals surface area contributed by atoms with Crippen LogP contribution in [0.15, 0.2) is 0 Å². The molecule has 1 rings (SSSR count). The van der Waals surface area contributed by atoms with Crippen LogP contribution < -0.4 is 0 Å². The predicted molar refractivity (Wildman–Crippen MR) is 65.6 cm³/mol. The van der Waals surface area contributed by atoms with Crippen molar-refractivity contribution in [3.8, 4) is 0 Å². The highest BCUT2D eigenvalue weighted by atomic mass is 16.4. The number of hydrogen-bond acceptors (Lipinski definition) is 2. The molecule has 0 saturated carbocycles. The van der Waals surface area contributed by atoms with Gasteiger partial charge < -0.3 is 10.0 Å². The minimum absolute atomic E-state index is 0.0965. The van der Waals surface area contributed by atoms with Gasteiger partial charge in [-0.3, -0.25) is 9.59 Å². The molecule has 0 aromatic rings. The Morgan fingerprint density at radius 3 is 2.29 bits per heavy atom. The molecule has 1 aliphatic heterocycles. The number of carboxylic acid groups (broad SMARTS) is 1. The average Bonchev–Trinajstić information content (AvgIpc) is 1.94. The number of hydrogen-bond donors (Lipinski definition) is 1. The van der Waals surface area contributed by atoms with Gasteiger partial charge in [-0.15, -0.1) is 0 Å². The molecule has 0 bridgehead atoms. The van der Waals surface area contributed by atoms with E-state index in [9.17, 15) is 9.59 Å². The highest BCUT2D eigenvalue weighted by Crippen LogP contribution is 2.27. The molecule has 1 fully saturated rings. The van der Waals surface area contributed by atoms with Crippen LogP contribution >= 0.6 is 0 Å². The van der Waals surface area contributed by atoms with E-state index < -0.39 is 5.97 Å². The number of carboxylic acids is 1. The second-order valence-corrected chi connectivity index (χ2v) is 6.41. The fraction of sp³-hybridized carbons (Fsp3) is 0.846. The summed E-state index contributed by atoms with van der Waals surface area (Å²) in [6, 6.07) is 0. The highest BCUT2D eigenvalue weighted by molar-refractivity contribution is 5.81. The van der Waals surface area contributed by atoms with E-state index in [0.29, 0.717) is 25.4 Å². The van der Waals surface area contributed by atoms with Crippen LogP contribution in [0.3, 0.4) is 0 Å². The zero-order valence-electron chi connectivity index (χ0n) is 11.2. The van der Waals surface area contributed by atoms with Crippen LogP contribution in [-0.4, -0.2) is 35.0 Å². The van der Waals surface area contributed by atoms with Crippen LogP contribution in [0.4, 0.5) is 0 Å². The minimum Gasteiger partial charge on any atom is -0.481 e. The summed E-state index contributed by atoms with van der Waals surface area (Å²) in [7, 11) is 0. The Morgan fingerprint density at radius 2 is 1.88 bits per heavy atom. The topological polar surface area (TPSA) is 57.6 Å². The number of likely N-dealkylation sites (tertiary alicyclic amines) is 1. The van der Waals surface area contributed by atoms with Crippen molar-refractivity contribution in [2.24, 2.45) is 17.3 Å². The Labute approximate surface area is 103 Å². The fourth-order valence-electron chi connectivity index (χ4n) is 2.38. The van der Waals surface area contributed by atoms with E-state index in [1.165, 1.54) is 0 Å². The molecule has 4 nitrogen and oxygen atoms in total. The van der Waals surface area contributed by atoms with Crippen molar-refractivity contribution in [3.05, 3.63) is 0 Å². The summed E-state index contributed by atoms with van der Waals surface area (Å²) in [5.41, 5.74) is 0.234. The van der Waals surface area contributed by atoms with Crippen LogP contribution in [0.2, 0.25) is 0 Å². The zero-order valence-corrected chi connectivity index (χ0v) is 11.2. The highest BCUT2D eigenvalue weighted by Gasteiger charge is 2.35. The Morgan fingerprint density at radius 1 is 1.35 bits per heavy atom. The summed E-state index contributed by atoms with van der Waals surface area (Å²) in [6.45, 7) is 9.35. The Kier molecular flexibility index (Phi) is 4.17. The third kappa shape index (κ3) is 4.36. The molecule has 0 aromatic carbocycles.